The van der Waals surface area contributed by atoms with Gasteiger partial charge in [-0.15, -0.1) is 11.8 Å². The average molecular weight is 223 g/mol. The quantitative estimate of drug-likeness (QED) is 0.778. The van der Waals surface area contributed by atoms with E-state index >= 15 is 0 Å². The maximum absolute atomic E-state index is 11.4. The Hall–Kier alpha value is -1.49. The second kappa shape index (κ2) is 3.94. The first kappa shape index (κ1) is 10.0. The van der Waals surface area contributed by atoms with Crippen molar-refractivity contribution in [2.24, 2.45) is 5.73 Å². The number of hydrogen-bond donors (Lipinski definition) is 1. The zero-order valence-corrected chi connectivity index (χ0v) is 8.62. The summed E-state index contributed by atoms with van der Waals surface area (Å²) in [5, 5.41) is 0. The Kier molecular flexibility index (Phi) is 2.64. The van der Waals surface area contributed by atoms with Gasteiger partial charge in [0.15, 0.2) is 5.44 Å². The summed E-state index contributed by atoms with van der Waals surface area (Å²) < 4.78 is 5.10. The molecule has 1 aliphatic heterocycles. The van der Waals surface area contributed by atoms with Gasteiger partial charge in [0, 0.05) is 5.56 Å². The molecule has 0 fully saturated rings. The van der Waals surface area contributed by atoms with Gasteiger partial charge in [0.1, 0.15) is 0 Å². The molecule has 1 aliphatic rings. The second-order valence-electron chi connectivity index (χ2n) is 3.10. The van der Waals surface area contributed by atoms with E-state index in [4.69, 9.17) is 10.5 Å². The molecule has 4 nitrogen and oxygen atoms in total. The summed E-state index contributed by atoms with van der Waals surface area (Å²) in [6.45, 7) is 0. The number of benzene rings is 1. The monoisotopic (exact) mass is 223 g/mol. The van der Waals surface area contributed by atoms with Crippen LogP contribution in [0.3, 0.4) is 0 Å². The van der Waals surface area contributed by atoms with Crippen molar-refractivity contribution in [1.82, 2.24) is 0 Å². The van der Waals surface area contributed by atoms with Crippen molar-refractivity contribution in [3.8, 4) is 0 Å². The van der Waals surface area contributed by atoms with Crippen LogP contribution in [0, 0.1) is 0 Å². The standard InChI is InChI=1S/C10H9NO3S/c11-8(12)5-15-10-7-4-2-1-3-6(7)9(13)14-10/h1-4,10H,5H2,(H2,11,12). The summed E-state index contributed by atoms with van der Waals surface area (Å²) in [6.07, 6.45) is 0. The van der Waals surface area contributed by atoms with Crippen LogP contribution >= 0.6 is 11.8 Å². The molecular weight excluding hydrogens is 214 g/mol. The predicted molar refractivity (Wildman–Crippen MR) is 56.3 cm³/mol. The van der Waals surface area contributed by atoms with Crippen LogP contribution in [0.25, 0.3) is 0 Å². The molecule has 1 aromatic rings. The Labute approximate surface area is 90.8 Å². The van der Waals surface area contributed by atoms with Gasteiger partial charge >= 0.3 is 5.97 Å². The van der Waals surface area contributed by atoms with Gasteiger partial charge in [0.2, 0.25) is 5.91 Å². The molecule has 1 atom stereocenters. The first-order valence-electron chi connectivity index (χ1n) is 4.38. The van der Waals surface area contributed by atoms with E-state index in [1.807, 2.05) is 12.1 Å². The molecule has 1 heterocycles. The Bertz CT molecular complexity index is 419. The summed E-state index contributed by atoms with van der Waals surface area (Å²) >= 11 is 1.22. The SMILES string of the molecule is NC(=O)CSC1OC(=O)c2ccccc21. The van der Waals surface area contributed by atoms with Crippen LogP contribution in [-0.4, -0.2) is 17.6 Å². The first-order chi connectivity index (χ1) is 7.18. The molecule has 78 valence electrons. The van der Waals surface area contributed by atoms with E-state index in [-0.39, 0.29) is 11.7 Å². The lowest BCUT2D eigenvalue weighted by atomic mass is 10.1. The van der Waals surface area contributed by atoms with E-state index in [9.17, 15) is 9.59 Å². The summed E-state index contributed by atoms with van der Waals surface area (Å²) in [6, 6.07) is 7.14. The molecule has 1 aromatic carbocycles. The van der Waals surface area contributed by atoms with Crippen molar-refractivity contribution >= 4 is 23.6 Å². The Balaban J connectivity index is 2.17. The minimum Gasteiger partial charge on any atom is -0.443 e. The smallest absolute Gasteiger partial charge is 0.340 e. The zero-order valence-electron chi connectivity index (χ0n) is 7.80. The van der Waals surface area contributed by atoms with Crippen molar-refractivity contribution in [2.45, 2.75) is 5.44 Å². The molecule has 2 N–H and O–H groups in total. The Morgan fingerprint density at radius 2 is 2.20 bits per heavy atom. The van der Waals surface area contributed by atoms with Gasteiger partial charge in [-0.05, 0) is 6.07 Å². The number of carbonyl (C=O) groups is 2. The van der Waals surface area contributed by atoms with Crippen molar-refractivity contribution in [1.29, 1.82) is 0 Å². The van der Waals surface area contributed by atoms with E-state index in [0.29, 0.717) is 5.56 Å². The van der Waals surface area contributed by atoms with Crippen molar-refractivity contribution in [3.63, 3.8) is 0 Å². The number of rotatable bonds is 3. The van der Waals surface area contributed by atoms with Crippen molar-refractivity contribution in [3.05, 3.63) is 35.4 Å². The number of nitrogens with two attached hydrogens (primary N) is 1. The molecule has 0 spiro atoms. The van der Waals surface area contributed by atoms with Gasteiger partial charge in [-0.25, -0.2) is 4.79 Å². The van der Waals surface area contributed by atoms with Crippen LogP contribution in [0.5, 0.6) is 0 Å². The molecular formula is C10H9NO3S. The average Bonchev–Trinajstić information content (AvgIpc) is 2.54. The number of primary amides is 1. The molecule has 1 amide bonds. The lowest BCUT2D eigenvalue weighted by molar-refractivity contribution is -0.115. The second-order valence-corrected chi connectivity index (χ2v) is 4.15. The van der Waals surface area contributed by atoms with Gasteiger partial charge in [-0.3, -0.25) is 4.79 Å². The molecule has 2 rings (SSSR count). The van der Waals surface area contributed by atoms with Gasteiger partial charge in [0.05, 0.1) is 11.3 Å². The normalized spacial score (nSPS) is 18.4. The molecule has 1 unspecified atom stereocenters. The topological polar surface area (TPSA) is 69.4 Å². The van der Waals surface area contributed by atoms with Crippen molar-refractivity contribution < 1.29 is 14.3 Å². The maximum atomic E-state index is 11.4. The number of amides is 1. The van der Waals surface area contributed by atoms with Crippen LogP contribution in [-0.2, 0) is 9.53 Å². The number of esters is 1. The van der Waals surface area contributed by atoms with E-state index in [1.54, 1.807) is 12.1 Å². The molecule has 0 saturated heterocycles. The van der Waals surface area contributed by atoms with Crippen LogP contribution in [0.4, 0.5) is 0 Å². The van der Waals surface area contributed by atoms with Gasteiger partial charge < -0.3 is 10.5 Å². The number of thioether (sulfide) groups is 1. The summed E-state index contributed by atoms with van der Waals surface area (Å²) in [7, 11) is 0. The third-order valence-corrected chi connectivity index (χ3v) is 3.13. The predicted octanol–water partition coefficient (Wildman–Crippen LogP) is 1.07. The highest BCUT2D eigenvalue weighted by molar-refractivity contribution is 8.00. The highest BCUT2D eigenvalue weighted by Gasteiger charge is 2.30. The first-order valence-corrected chi connectivity index (χ1v) is 5.43. The minimum atomic E-state index is -0.416. The van der Waals surface area contributed by atoms with E-state index in [1.165, 1.54) is 11.8 Å². The Morgan fingerprint density at radius 3 is 2.93 bits per heavy atom. The van der Waals surface area contributed by atoms with Crippen LogP contribution in [0.15, 0.2) is 24.3 Å². The summed E-state index contributed by atoms with van der Waals surface area (Å²) in [5.74, 6) is -0.611. The zero-order chi connectivity index (χ0) is 10.8. The van der Waals surface area contributed by atoms with Crippen LogP contribution in [0.1, 0.15) is 21.4 Å². The Morgan fingerprint density at radius 1 is 1.47 bits per heavy atom. The number of ether oxygens (including phenoxy) is 1. The van der Waals surface area contributed by atoms with E-state index < -0.39 is 11.3 Å². The number of cyclic esters (lactones) is 1. The summed E-state index contributed by atoms with van der Waals surface area (Å²) in [4.78, 5) is 22.0. The van der Waals surface area contributed by atoms with E-state index in [2.05, 4.69) is 0 Å². The van der Waals surface area contributed by atoms with Crippen LogP contribution in [0.2, 0.25) is 0 Å². The number of carbonyl (C=O) groups excluding carboxylic acids is 2. The summed E-state index contributed by atoms with van der Waals surface area (Å²) in [5.41, 5.74) is 6.01. The molecule has 0 radical (unpaired) electrons. The fraction of sp³-hybridized carbons (Fsp3) is 0.200. The minimum absolute atomic E-state index is 0.145. The largest absolute Gasteiger partial charge is 0.443 e. The highest BCUT2D eigenvalue weighted by Crippen LogP contribution is 2.38. The van der Waals surface area contributed by atoms with Gasteiger partial charge in [-0.1, -0.05) is 18.2 Å². The maximum Gasteiger partial charge on any atom is 0.340 e. The fourth-order valence-corrected chi connectivity index (χ4v) is 2.25. The lowest BCUT2D eigenvalue weighted by Gasteiger charge is -2.07. The van der Waals surface area contributed by atoms with Crippen molar-refractivity contribution in [2.75, 3.05) is 5.75 Å². The van der Waals surface area contributed by atoms with Gasteiger partial charge in [0.25, 0.3) is 0 Å². The molecule has 15 heavy (non-hydrogen) atoms. The molecule has 0 aromatic heterocycles. The third kappa shape index (κ3) is 1.97. The number of fused-ring (bicyclic) bond motifs is 1. The number of hydrogen-bond acceptors (Lipinski definition) is 4. The lowest BCUT2D eigenvalue weighted by Crippen LogP contribution is -2.14. The van der Waals surface area contributed by atoms with Crippen LogP contribution < -0.4 is 5.73 Å². The van der Waals surface area contributed by atoms with E-state index in [0.717, 1.165) is 5.56 Å². The molecule has 0 saturated carbocycles. The molecule has 5 heteroatoms. The molecule has 0 aliphatic carbocycles. The molecule has 0 bridgehead atoms. The highest BCUT2D eigenvalue weighted by atomic mass is 32.2. The fourth-order valence-electron chi connectivity index (χ4n) is 1.39. The van der Waals surface area contributed by atoms with Gasteiger partial charge in [-0.2, -0.15) is 0 Å². The third-order valence-electron chi connectivity index (χ3n) is 2.03.